The molecule has 0 aliphatic carbocycles. The van der Waals surface area contributed by atoms with Gasteiger partial charge in [0.05, 0.1) is 0 Å². The first-order valence-electron chi connectivity index (χ1n) is 8.70. The monoisotopic (exact) mass is 451 g/mol. The van der Waals surface area contributed by atoms with Crippen molar-refractivity contribution in [1.82, 2.24) is 4.90 Å². The number of nitrogens with zero attached hydrogens (tertiary/aromatic N) is 1. The predicted molar refractivity (Wildman–Crippen MR) is 105 cm³/mol. The number of carbonyl (C=O) groups is 1. The molecule has 0 spiro atoms. The fourth-order valence-electron chi connectivity index (χ4n) is 2.92. The van der Waals surface area contributed by atoms with Crippen molar-refractivity contribution in [3.8, 4) is 11.5 Å². The minimum atomic E-state index is -1.85. The van der Waals surface area contributed by atoms with E-state index >= 15 is 0 Å². The van der Waals surface area contributed by atoms with Crippen molar-refractivity contribution in [2.75, 3.05) is 20.8 Å². The summed E-state index contributed by atoms with van der Waals surface area (Å²) in [6.45, 7) is 0.904. The third-order valence-corrected chi connectivity index (χ3v) is 7.74. The molecule has 2 rings (SSSR count). The van der Waals surface area contributed by atoms with E-state index in [9.17, 15) is 4.79 Å². The van der Waals surface area contributed by atoms with Crippen LogP contribution in [0.3, 0.4) is 0 Å². The molecule has 136 valence electrons. The molecule has 4 nitrogen and oxygen atoms in total. The van der Waals surface area contributed by atoms with Crippen molar-refractivity contribution in [3.05, 3.63) is 46.2 Å². The van der Waals surface area contributed by atoms with E-state index in [1.165, 1.54) is 0 Å². The Morgan fingerprint density at radius 1 is 1.20 bits per heavy atom. The molecule has 0 fully saturated rings. The molecule has 0 saturated carbocycles. The SMILES string of the molecule is COc1ccc(C2CC(=O)C=CN2CC/C=[CH]/[Sn]([CH3])([CH3])[CH3])cc1OC. The van der Waals surface area contributed by atoms with Crippen LogP contribution in [0.15, 0.2) is 40.6 Å². The van der Waals surface area contributed by atoms with Crippen LogP contribution in [0.4, 0.5) is 0 Å². The molecule has 1 atom stereocenters. The minimum absolute atomic E-state index is 0.0452. The predicted octanol–water partition coefficient (Wildman–Crippen LogP) is 4.36. The molecule has 0 aromatic heterocycles. The summed E-state index contributed by atoms with van der Waals surface area (Å²) in [6.07, 6.45) is 7.42. The quantitative estimate of drug-likeness (QED) is 0.580. The fraction of sp³-hybridized carbons (Fsp3) is 0.450. The zero-order valence-electron chi connectivity index (χ0n) is 15.9. The van der Waals surface area contributed by atoms with Gasteiger partial charge in [-0.25, -0.2) is 0 Å². The van der Waals surface area contributed by atoms with Gasteiger partial charge in [0.15, 0.2) is 0 Å². The molecule has 0 radical (unpaired) electrons. The molecule has 0 amide bonds. The number of benzene rings is 1. The van der Waals surface area contributed by atoms with Gasteiger partial charge in [-0.2, -0.15) is 0 Å². The Bertz CT molecular complexity index is 661. The number of carbonyl (C=O) groups excluding carboxylic acids is 1. The van der Waals surface area contributed by atoms with Crippen molar-refractivity contribution in [2.24, 2.45) is 0 Å². The molecule has 5 heteroatoms. The first-order valence-corrected chi connectivity index (χ1v) is 18.9. The number of hydrogen-bond acceptors (Lipinski definition) is 4. The third kappa shape index (κ3) is 5.80. The molecule has 1 aliphatic rings. The fourth-order valence-corrected chi connectivity index (χ4v) is 5.41. The Kier molecular flexibility index (Phi) is 6.99. The van der Waals surface area contributed by atoms with Gasteiger partial charge in [0.2, 0.25) is 0 Å². The number of hydrogen-bond donors (Lipinski definition) is 0. The van der Waals surface area contributed by atoms with Crippen LogP contribution in [-0.4, -0.2) is 49.8 Å². The van der Waals surface area contributed by atoms with Gasteiger partial charge < -0.3 is 0 Å². The molecule has 0 N–H and O–H groups in total. The number of rotatable bonds is 7. The van der Waals surface area contributed by atoms with E-state index in [4.69, 9.17) is 9.47 Å². The molecular weight excluding hydrogens is 421 g/mol. The van der Waals surface area contributed by atoms with Crippen molar-refractivity contribution in [2.45, 2.75) is 33.7 Å². The van der Waals surface area contributed by atoms with Gasteiger partial charge in [-0.15, -0.1) is 0 Å². The molecule has 1 aromatic carbocycles. The second-order valence-corrected chi connectivity index (χ2v) is 21.9. The molecule has 1 aliphatic heterocycles. The van der Waals surface area contributed by atoms with Crippen molar-refractivity contribution < 1.29 is 14.3 Å². The summed E-state index contributed by atoms with van der Waals surface area (Å²) in [5.74, 6) is 1.57. The van der Waals surface area contributed by atoms with Crippen LogP contribution in [0.1, 0.15) is 24.4 Å². The molecule has 1 heterocycles. The standard InChI is InChI=1S/C17H20NO3.3CH3.Sn/c1-4-5-9-18-10-8-14(19)12-15(18)13-6-7-16(20-2)17(11-13)21-3;;;;/h1,4,6-8,10-11,15H,5,9,12H2,2-3H3;3*1H3;. The van der Waals surface area contributed by atoms with Crippen LogP contribution in [0.5, 0.6) is 11.5 Å². The molecule has 0 saturated heterocycles. The van der Waals surface area contributed by atoms with E-state index in [1.54, 1.807) is 20.3 Å². The maximum absolute atomic E-state index is 12.0. The van der Waals surface area contributed by atoms with Crippen molar-refractivity contribution in [3.63, 3.8) is 0 Å². The normalized spacial score (nSPS) is 18.0. The van der Waals surface area contributed by atoms with Crippen molar-refractivity contribution >= 4 is 24.2 Å². The van der Waals surface area contributed by atoms with E-state index in [-0.39, 0.29) is 11.8 Å². The zero-order valence-corrected chi connectivity index (χ0v) is 18.8. The number of allylic oxidation sites excluding steroid dienone is 1. The summed E-state index contributed by atoms with van der Waals surface area (Å²) in [7, 11) is 3.26. The molecule has 25 heavy (non-hydrogen) atoms. The molecule has 1 unspecified atom stereocenters. The molecule has 0 bridgehead atoms. The Hall–Kier alpha value is -1.43. The van der Waals surface area contributed by atoms with E-state index in [0.29, 0.717) is 17.9 Å². The van der Waals surface area contributed by atoms with Gasteiger partial charge in [-0.05, 0) is 0 Å². The Morgan fingerprint density at radius 3 is 2.56 bits per heavy atom. The number of methoxy groups -OCH3 is 2. The van der Waals surface area contributed by atoms with E-state index < -0.39 is 18.4 Å². The average molecular weight is 450 g/mol. The van der Waals surface area contributed by atoms with Crippen LogP contribution in [-0.2, 0) is 4.79 Å². The summed E-state index contributed by atoms with van der Waals surface area (Å²) >= 11 is -1.85. The van der Waals surface area contributed by atoms with Crippen LogP contribution in [0.25, 0.3) is 0 Å². The first-order chi connectivity index (χ1) is 11.8. The van der Waals surface area contributed by atoms with Gasteiger partial charge in [0.1, 0.15) is 0 Å². The number of ether oxygens (including phenoxy) is 2. The van der Waals surface area contributed by atoms with Crippen LogP contribution < -0.4 is 9.47 Å². The average Bonchev–Trinajstić information content (AvgIpc) is 2.58. The third-order valence-electron chi connectivity index (χ3n) is 4.21. The Balaban J connectivity index is 2.17. The van der Waals surface area contributed by atoms with E-state index in [1.807, 2.05) is 24.4 Å². The Morgan fingerprint density at radius 2 is 1.92 bits per heavy atom. The van der Waals surface area contributed by atoms with Gasteiger partial charge in [-0.1, -0.05) is 0 Å². The van der Waals surface area contributed by atoms with Crippen LogP contribution in [0, 0.1) is 0 Å². The summed E-state index contributed by atoms with van der Waals surface area (Å²) in [5, 5.41) is 0. The van der Waals surface area contributed by atoms with Crippen molar-refractivity contribution in [1.29, 1.82) is 0 Å². The van der Waals surface area contributed by atoms with Gasteiger partial charge in [-0.3, -0.25) is 0 Å². The van der Waals surface area contributed by atoms with Crippen LogP contribution >= 0.6 is 0 Å². The topological polar surface area (TPSA) is 38.8 Å². The summed E-state index contributed by atoms with van der Waals surface area (Å²) in [6, 6.07) is 5.95. The van der Waals surface area contributed by atoms with Gasteiger partial charge in [0.25, 0.3) is 0 Å². The first kappa shape index (κ1) is 19.9. The number of ketones is 1. The second kappa shape index (κ2) is 8.79. The second-order valence-electron chi connectivity index (χ2n) is 7.41. The van der Waals surface area contributed by atoms with Gasteiger partial charge in [0, 0.05) is 0 Å². The van der Waals surface area contributed by atoms with E-state index in [0.717, 1.165) is 18.5 Å². The van der Waals surface area contributed by atoms with Crippen LogP contribution in [0.2, 0.25) is 14.8 Å². The molecule has 1 aromatic rings. The summed E-state index contributed by atoms with van der Waals surface area (Å²) in [5.41, 5.74) is 1.08. The maximum atomic E-state index is 12.0. The molecular formula is C20H29NO3Sn. The zero-order chi connectivity index (χ0) is 18.4. The summed E-state index contributed by atoms with van der Waals surface area (Å²) < 4.78 is 13.2. The van der Waals surface area contributed by atoms with Gasteiger partial charge >= 0.3 is 156 Å². The Labute approximate surface area is 155 Å². The van der Waals surface area contributed by atoms with E-state index in [2.05, 4.69) is 29.9 Å². The summed E-state index contributed by atoms with van der Waals surface area (Å²) in [4.78, 5) is 21.4.